The van der Waals surface area contributed by atoms with Gasteiger partial charge in [-0.05, 0) is 0 Å². The van der Waals surface area contributed by atoms with E-state index in [4.69, 9.17) is 9.84 Å². The van der Waals surface area contributed by atoms with Crippen molar-refractivity contribution in [3.63, 3.8) is 0 Å². The maximum absolute atomic E-state index is 10.5. The average molecular weight is 247 g/mol. The van der Waals surface area contributed by atoms with Gasteiger partial charge in [0.15, 0.2) is 12.4 Å². The van der Waals surface area contributed by atoms with E-state index in [1.54, 1.807) is 0 Å². The van der Waals surface area contributed by atoms with E-state index in [1.165, 1.54) is 7.11 Å². The predicted molar refractivity (Wildman–Crippen MR) is 47.1 cm³/mol. The summed E-state index contributed by atoms with van der Waals surface area (Å²) in [4.78, 5) is 10.5. The van der Waals surface area contributed by atoms with E-state index in [0.29, 0.717) is 0 Å². The Balaban J connectivity index is 0.00000196. The number of aliphatic hydroxyl groups is 3. The molecule has 4 N–H and O–H groups in total. The standard InChI is InChI=1S/C7H12O7.K/c1-13-7-4(10)2(8)3(9)5(14-7)6(11)12;/h2-5,7-10H,1H3,(H,11,12);/t2-,3-,4-,5-,7-;/m0./s1. The van der Waals surface area contributed by atoms with E-state index in [9.17, 15) is 20.1 Å². The first-order valence-corrected chi connectivity index (χ1v) is 3.94. The van der Waals surface area contributed by atoms with Gasteiger partial charge in [0, 0.05) is 58.5 Å². The number of ether oxygens (including phenoxy) is 2. The Hall–Kier alpha value is 0.906. The third-order valence-corrected chi connectivity index (χ3v) is 2.05. The Morgan fingerprint density at radius 3 is 2.13 bits per heavy atom. The molecule has 0 amide bonds. The molecule has 0 bridgehead atoms. The van der Waals surface area contributed by atoms with Crippen LogP contribution in [0.1, 0.15) is 0 Å². The van der Waals surface area contributed by atoms with Gasteiger partial charge < -0.3 is 29.9 Å². The Kier molecular flexibility index (Phi) is 6.99. The van der Waals surface area contributed by atoms with Crippen molar-refractivity contribution >= 4 is 57.4 Å². The fourth-order valence-corrected chi connectivity index (χ4v) is 1.25. The number of carbonyl (C=O) groups is 1. The Morgan fingerprint density at radius 2 is 1.73 bits per heavy atom. The average Bonchev–Trinajstić information content (AvgIpc) is 2.14. The smallest absolute Gasteiger partial charge is 0.335 e. The fraction of sp³-hybridized carbons (Fsp3) is 0.857. The van der Waals surface area contributed by atoms with Gasteiger partial charge in [-0.2, -0.15) is 0 Å². The van der Waals surface area contributed by atoms with Crippen LogP contribution >= 0.6 is 0 Å². The maximum atomic E-state index is 10.5. The zero-order valence-electron chi connectivity index (χ0n) is 8.40. The van der Waals surface area contributed by atoms with E-state index in [2.05, 4.69) is 4.74 Å². The molecule has 1 fully saturated rings. The Bertz CT molecular complexity index is 221. The van der Waals surface area contributed by atoms with Crippen LogP contribution in [0.5, 0.6) is 0 Å². The second-order valence-electron chi connectivity index (χ2n) is 2.97. The number of hydrogen-bond donors (Lipinski definition) is 4. The van der Waals surface area contributed by atoms with Crippen LogP contribution in [0.4, 0.5) is 0 Å². The van der Waals surface area contributed by atoms with E-state index >= 15 is 0 Å². The molecule has 15 heavy (non-hydrogen) atoms. The zero-order valence-corrected chi connectivity index (χ0v) is 11.5. The molecule has 8 heteroatoms. The van der Waals surface area contributed by atoms with Gasteiger partial charge in [-0.25, -0.2) is 4.79 Å². The minimum Gasteiger partial charge on any atom is -0.479 e. The Morgan fingerprint density at radius 1 is 1.20 bits per heavy atom. The molecule has 0 aromatic carbocycles. The van der Waals surface area contributed by atoms with Gasteiger partial charge in [0.2, 0.25) is 0 Å². The molecule has 7 nitrogen and oxygen atoms in total. The summed E-state index contributed by atoms with van der Waals surface area (Å²) in [6, 6.07) is 0. The molecule has 1 saturated heterocycles. The number of methoxy groups -OCH3 is 1. The van der Waals surface area contributed by atoms with Gasteiger partial charge in [0.1, 0.15) is 18.3 Å². The number of carboxylic acid groups (broad SMARTS) is 1. The second-order valence-corrected chi connectivity index (χ2v) is 2.97. The van der Waals surface area contributed by atoms with Gasteiger partial charge >= 0.3 is 5.97 Å². The topological polar surface area (TPSA) is 116 Å². The van der Waals surface area contributed by atoms with Crippen LogP contribution in [0.2, 0.25) is 0 Å². The summed E-state index contributed by atoms with van der Waals surface area (Å²) in [5.41, 5.74) is 0. The van der Waals surface area contributed by atoms with Gasteiger partial charge in [-0.15, -0.1) is 0 Å². The molecule has 83 valence electrons. The maximum Gasteiger partial charge on any atom is 0.335 e. The summed E-state index contributed by atoms with van der Waals surface area (Å²) in [6.07, 6.45) is -7.60. The third-order valence-electron chi connectivity index (χ3n) is 2.05. The molecule has 0 aromatic rings. The monoisotopic (exact) mass is 247 g/mol. The zero-order chi connectivity index (χ0) is 10.9. The first-order chi connectivity index (χ1) is 6.49. The molecule has 0 spiro atoms. The van der Waals surface area contributed by atoms with Crippen molar-refractivity contribution in [2.75, 3.05) is 7.11 Å². The van der Waals surface area contributed by atoms with Crippen LogP contribution in [0.25, 0.3) is 0 Å². The molecule has 1 aliphatic heterocycles. The van der Waals surface area contributed by atoms with Crippen LogP contribution < -0.4 is 0 Å². The fourth-order valence-electron chi connectivity index (χ4n) is 1.25. The van der Waals surface area contributed by atoms with Crippen molar-refractivity contribution in [1.29, 1.82) is 0 Å². The first kappa shape index (κ1) is 15.9. The number of rotatable bonds is 2. The van der Waals surface area contributed by atoms with Gasteiger partial charge in [0.25, 0.3) is 0 Å². The van der Waals surface area contributed by atoms with Crippen LogP contribution in [0, 0.1) is 0 Å². The van der Waals surface area contributed by atoms with Crippen LogP contribution in [-0.4, -0.2) is 116 Å². The quantitative estimate of drug-likeness (QED) is 0.388. The van der Waals surface area contributed by atoms with Crippen LogP contribution in [-0.2, 0) is 14.3 Å². The molecular formula is C7H12KO7. The molecule has 0 aliphatic carbocycles. The summed E-state index contributed by atoms with van der Waals surface area (Å²) in [5, 5.41) is 36.3. The van der Waals surface area contributed by atoms with Crippen molar-refractivity contribution in [3.05, 3.63) is 0 Å². The summed E-state index contributed by atoms with van der Waals surface area (Å²) in [5.74, 6) is -1.43. The van der Waals surface area contributed by atoms with Gasteiger partial charge in [-0.3, -0.25) is 0 Å². The summed E-state index contributed by atoms with van der Waals surface area (Å²) in [6.45, 7) is 0. The summed E-state index contributed by atoms with van der Waals surface area (Å²) >= 11 is 0. The van der Waals surface area contributed by atoms with Gasteiger partial charge in [-0.1, -0.05) is 0 Å². The number of hydrogen-bond acceptors (Lipinski definition) is 6. The molecule has 0 unspecified atom stereocenters. The SMILES string of the molecule is CO[C@H]1O[C@H](C(=O)O)[C@@H](O)[C@H](O)[C@@H]1O.[K]. The summed E-state index contributed by atoms with van der Waals surface area (Å²) in [7, 11) is 1.19. The van der Waals surface area contributed by atoms with E-state index in [1.807, 2.05) is 0 Å². The molecule has 1 heterocycles. The third kappa shape index (κ3) is 3.43. The molecule has 1 rings (SSSR count). The number of aliphatic hydroxyl groups excluding tert-OH is 3. The number of carboxylic acids is 1. The van der Waals surface area contributed by atoms with Crippen molar-refractivity contribution in [2.24, 2.45) is 0 Å². The molecule has 5 atom stereocenters. The minimum atomic E-state index is -1.67. The van der Waals surface area contributed by atoms with Crippen LogP contribution in [0.15, 0.2) is 0 Å². The van der Waals surface area contributed by atoms with Crippen molar-refractivity contribution in [2.45, 2.75) is 30.7 Å². The molecular weight excluding hydrogens is 235 g/mol. The Labute approximate surface area is 128 Å². The molecule has 1 aliphatic rings. The van der Waals surface area contributed by atoms with Crippen molar-refractivity contribution in [1.82, 2.24) is 0 Å². The van der Waals surface area contributed by atoms with Crippen molar-refractivity contribution < 1.29 is 34.7 Å². The normalized spacial score (nSPS) is 40.7. The predicted octanol–water partition coefficient (Wildman–Crippen LogP) is -2.86. The minimum absolute atomic E-state index is 0. The van der Waals surface area contributed by atoms with E-state index in [-0.39, 0.29) is 51.4 Å². The van der Waals surface area contributed by atoms with Gasteiger partial charge in [0.05, 0.1) is 0 Å². The number of aliphatic carboxylic acids is 1. The summed E-state index contributed by atoms with van der Waals surface area (Å²) < 4.78 is 9.31. The first-order valence-electron chi connectivity index (χ1n) is 3.94. The van der Waals surface area contributed by atoms with Crippen LogP contribution in [0.3, 0.4) is 0 Å². The van der Waals surface area contributed by atoms with E-state index < -0.39 is 36.7 Å². The largest absolute Gasteiger partial charge is 0.479 e. The van der Waals surface area contributed by atoms with E-state index in [0.717, 1.165) is 0 Å². The van der Waals surface area contributed by atoms with Crippen molar-refractivity contribution in [3.8, 4) is 0 Å². The molecule has 1 radical (unpaired) electrons. The molecule has 0 aromatic heterocycles. The second kappa shape index (κ2) is 6.60. The molecule has 0 saturated carbocycles.